The van der Waals surface area contributed by atoms with Gasteiger partial charge in [-0.1, -0.05) is 30.3 Å². The molecule has 1 aromatic heterocycles. The number of nitrogens with one attached hydrogen (secondary N) is 1. The van der Waals surface area contributed by atoms with Crippen molar-refractivity contribution in [3.05, 3.63) is 75.6 Å². The molecule has 0 unspecified atom stereocenters. The van der Waals surface area contributed by atoms with Crippen molar-refractivity contribution >= 4 is 16.7 Å². The number of pyridine rings is 1. The van der Waals surface area contributed by atoms with Crippen LogP contribution >= 0.6 is 0 Å². The molecule has 3 rings (SSSR count). The predicted octanol–water partition coefficient (Wildman–Crippen LogP) is 2.34. The molecule has 0 bridgehead atoms. The van der Waals surface area contributed by atoms with E-state index in [0.717, 1.165) is 0 Å². The van der Waals surface area contributed by atoms with Gasteiger partial charge in [-0.05, 0) is 18.2 Å². The molecule has 0 spiro atoms. The molecule has 5 nitrogen and oxygen atoms in total. The van der Waals surface area contributed by atoms with Crippen molar-refractivity contribution in [3.8, 4) is 11.8 Å². The van der Waals surface area contributed by atoms with Gasteiger partial charge in [0.15, 0.2) is 0 Å². The quantitative estimate of drug-likeness (QED) is 0.708. The Kier molecular flexibility index (Phi) is 3.20. The fourth-order valence-corrected chi connectivity index (χ4v) is 2.29. The molecule has 0 aliphatic heterocycles. The van der Waals surface area contributed by atoms with Crippen LogP contribution in [0.15, 0.2) is 53.3 Å². The number of fused-ring (bicyclic) bond motifs is 1. The highest BCUT2D eigenvalue weighted by Crippen LogP contribution is 2.27. The van der Waals surface area contributed by atoms with E-state index in [9.17, 15) is 14.7 Å². The fourth-order valence-electron chi connectivity index (χ4n) is 2.29. The van der Waals surface area contributed by atoms with E-state index in [0.29, 0.717) is 16.6 Å². The van der Waals surface area contributed by atoms with Crippen molar-refractivity contribution in [2.45, 2.75) is 0 Å². The number of aromatic nitrogens is 1. The maximum absolute atomic E-state index is 12.4. The molecule has 0 aliphatic rings. The summed E-state index contributed by atoms with van der Waals surface area (Å²) in [5.74, 6) is -0.978. The number of rotatable bonds is 2. The third kappa shape index (κ3) is 2.13. The van der Waals surface area contributed by atoms with Gasteiger partial charge in [-0.3, -0.25) is 9.59 Å². The Labute approximate surface area is 125 Å². The van der Waals surface area contributed by atoms with Gasteiger partial charge >= 0.3 is 0 Å². The second kappa shape index (κ2) is 5.19. The minimum atomic E-state index is -0.663. The third-order valence-electron chi connectivity index (χ3n) is 3.38. The molecule has 1 heterocycles. The van der Waals surface area contributed by atoms with Gasteiger partial charge in [0.05, 0.1) is 17.1 Å². The molecule has 2 aromatic carbocycles. The third-order valence-corrected chi connectivity index (χ3v) is 3.38. The molecule has 5 heteroatoms. The van der Waals surface area contributed by atoms with Crippen molar-refractivity contribution in [1.29, 1.82) is 5.26 Å². The lowest BCUT2D eigenvalue weighted by molar-refractivity contribution is 0.103. The number of benzene rings is 2. The molecular weight excluding hydrogens is 280 g/mol. The Balaban J connectivity index is 2.28. The zero-order valence-electron chi connectivity index (χ0n) is 11.3. The monoisotopic (exact) mass is 290 g/mol. The number of hydrogen-bond acceptors (Lipinski definition) is 4. The first-order chi connectivity index (χ1) is 10.6. The molecule has 0 amide bonds. The number of carbonyl (C=O) groups excluding carboxylic acids is 1. The molecule has 0 radical (unpaired) electrons. The molecule has 0 saturated heterocycles. The first-order valence-electron chi connectivity index (χ1n) is 6.50. The number of aromatic hydroxyl groups is 1. The molecule has 0 saturated carbocycles. The van der Waals surface area contributed by atoms with E-state index in [1.165, 1.54) is 18.2 Å². The number of nitrogens with zero attached hydrogens (tertiary/aromatic N) is 1. The molecule has 22 heavy (non-hydrogen) atoms. The van der Waals surface area contributed by atoms with Gasteiger partial charge in [0.1, 0.15) is 11.3 Å². The summed E-state index contributed by atoms with van der Waals surface area (Å²) in [4.78, 5) is 27.1. The summed E-state index contributed by atoms with van der Waals surface area (Å²) < 4.78 is 0. The van der Waals surface area contributed by atoms with Gasteiger partial charge in [-0.25, -0.2) is 0 Å². The van der Waals surface area contributed by atoms with E-state index in [1.54, 1.807) is 30.3 Å². The molecule has 106 valence electrons. The van der Waals surface area contributed by atoms with E-state index in [2.05, 4.69) is 4.98 Å². The lowest BCUT2D eigenvalue weighted by atomic mass is 10.0. The first kappa shape index (κ1) is 13.6. The standard InChI is InChI=1S/C17H10N2O3/c18-9-10-6-7-13-12(8-10)16(21)14(17(22)19-13)15(20)11-4-2-1-3-5-11/h1-8H,(H2,19,21,22). The van der Waals surface area contributed by atoms with E-state index < -0.39 is 17.1 Å². The Morgan fingerprint density at radius 2 is 1.86 bits per heavy atom. The lowest BCUT2D eigenvalue weighted by Crippen LogP contribution is -2.18. The van der Waals surface area contributed by atoms with Gasteiger partial charge in [0, 0.05) is 10.9 Å². The maximum atomic E-state index is 12.4. The zero-order valence-corrected chi connectivity index (χ0v) is 11.3. The highest BCUT2D eigenvalue weighted by atomic mass is 16.3. The molecule has 2 N–H and O–H groups in total. The Morgan fingerprint density at radius 3 is 2.55 bits per heavy atom. The highest BCUT2D eigenvalue weighted by Gasteiger charge is 2.20. The Hall–Kier alpha value is -3.39. The average molecular weight is 290 g/mol. The summed E-state index contributed by atoms with van der Waals surface area (Å²) in [6, 6.07) is 14.7. The van der Waals surface area contributed by atoms with E-state index in [4.69, 9.17) is 5.26 Å². The SMILES string of the molecule is N#Cc1ccc2[nH]c(=O)c(C(=O)c3ccccc3)c(O)c2c1. The number of H-pyrrole nitrogens is 1. The van der Waals surface area contributed by atoms with Crippen molar-refractivity contribution in [2.24, 2.45) is 0 Å². The van der Waals surface area contributed by atoms with Crippen LogP contribution in [0.1, 0.15) is 21.5 Å². The summed E-state index contributed by atoms with van der Waals surface area (Å²) in [7, 11) is 0. The molecule has 0 atom stereocenters. The van der Waals surface area contributed by atoms with Crippen LogP contribution in [0.5, 0.6) is 5.75 Å². The van der Waals surface area contributed by atoms with Gasteiger partial charge in [-0.2, -0.15) is 5.26 Å². The average Bonchev–Trinajstić information content (AvgIpc) is 2.55. The number of nitriles is 1. The summed E-state index contributed by atoms with van der Waals surface area (Å²) >= 11 is 0. The van der Waals surface area contributed by atoms with Crippen LogP contribution in [0.25, 0.3) is 10.9 Å². The topological polar surface area (TPSA) is 94.0 Å². The highest BCUT2D eigenvalue weighted by molar-refractivity contribution is 6.12. The van der Waals surface area contributed by atoms with Crippen LogP contribution in [-0.4, -0.2) is 15.9 Å². The van der Waals surface area contributed by atoms with Crippen LogP contribution in [-0.2, 0) is 0 Å². The van der Waals surface area contributed by atoms with Crippen molar-refractivity contribution in [3.63, 3.8) is 0 Å². The second-order valence-corrected chi connectivity index (χ2v) is 4.75. The molecule has 0 fully saturated rings. The molecular formula is C17H10N2O3. The Morgan fingerprint density at radius 1 is 1.14 bits per heavy atom. The number of hydrogen-bond donors (Lipinski definition) is 2. The van der Waals surface area contributed by atoms with Crippen molar-refractivity contribution in [1.82, 2.24) is 4.98 Å². The Bertz CT molecular complexity index is 982. The van der Waals surface area contributed by atoms with E-state index in [-0.39, 0.29) is 10.9 Å². The van der Waals surface area contributed by atoms with Gasteiger partial charge in [0.25, 0.3) is 5.56 Å². The second-order valence-electron chi connectivity index (χ2n) is 4.75. The summed E-state index contributed by atoms with van der Waals surface area (Å²) in [6.45, 7) is 0. The van der Waals surface area contributed by atoms with Crippen LogP contribution < -0.4 is 5.56 Å². The number of aromatic amines is 1. The van der Waals surface area contributed by atoms with E-state index in [1.807, 2.05) is 6.07 Å². The maximum Gasteiger partial charge on any atom is 0.263 e. The lowest BCUT2D eigenvalue weighted by Gasteiger charge is -2.07. The van der Waals surface area contributed by atoms with Gasteiger partial charge < -0.3 is 10.1 Å². The van der Waals surface area contributed by atoms with Crippen LogP contribution in [0.3, 0.4) is 0 Å². The predicted molar refractivity (Wildman–Crippen MR) is 80.8 cm³/mol. The molecule has 0 aliphatic carbocycles. The fraction of sp³-hybridized carbons (Fsp3) is 0. The van der Waals surface area contributed by atoms with Crippen LogP contribution in [0, 0.1) is 11.3 Å². The number of ketones is 1. The van der Waals surface area contributed by atoms with Gasteiger partial charge in [0.2, 0.25) is 5.78 Å². The van der Waals surface area contributed by atoms with Gasteiger partial charge in [-0.15, -0.1) is 0 Å². The van der Waals surface area contributed by atoms with Crippen LogP contribution in [0.4, 0.5) is 0 Å². The summed E-state index contributed by atoms with van der Waals surface area (Å²) in [5.41, 5.74) is 0.00973. The molecule has 3 aromatic rings. The van der Waals surface area contributed by atoms with E-state index >= 15 is 0 Å². The van der Waals surface area contributed by atoms with Crippen molar-refractivity contribution < 1.29 is 9.90 Å². The minimum absolute atomic E-state index is 0.262. The normalized spacial score (nSPS) is 10.3. The zero-order chi connectivity index (χ0) is 15.7. The smallest absolute Gasteiger partial charge is 0.263 e. The summed E-state index contributed by atoms with van der Waals surface area (Å²) in [5, 5.41) is 19.5. The van der Waals surface area contributed by atoms with Crippen LogP contribution in [0.2, 0.25) is 0 Å². The first-order valence-corrected chi connectivity index (χ1v) is 6.50. The summed E-state index contributed by atoms with van der Waals surface area (Å²) in [6.07, 6.45) is 0. The minimum Gasteiger partial charge on any atom is -0.506 e. The largest absolute Gasteiger partial charge is 0.506 e. The number of carbonyl (C=O) groups is 1. The van der Waals surface area contributed by atoms with Crippen molar-refractivity contribution in [2.75, 3.05) is 0 Å².